The number of carbonyl (C=O) groups is 1. The molecule has 0 saturated heterocycles. The summed E-state index contributed by atoms with van der Waals surface area (Å²) in [6.07, 6.45) is 26.2. The van der Waals surface area contributed by atoms with Gasteiger partial charge in [-0.3, -0.25) is 4.79 Å². The molecule has 19 heavy (non-hydrogen) atoms. The summed E-state index contributed by atoms with van der Waals surface area (Å²) in [4.78, 5) is 12.1. The standard InChI is InChI=1S/C17H15NO/c19-17(15-11-7-3-1-4-8-12-15)18-16-13-9-5-2-6-10-14-16/h1-14H,(H,18,19)/b3-1-,4-1?,5-2-,6-2?,7-3?,8-4-,9-5?,10-6-,11-7?,12-8?,13-9?,14-10?,15-11?,15-12?,16-13?,16-14?. The molecule has 2 heteroatoms. The average molecular weight is 249 g/mol. The lowest BCUT2D eigenvalue weighted by Gasteiger charge is -2.06. The SMILES string of the molecule is O=C(NC1=C/C=C\C=C/C=C1)C1=C/C=C\C=C/C=C1. The Labute approximate surface area is 113 Å². The minimum absolute atomic E-state index is 0.120. The maximum Gasteiger partial charge on any atom is 0.255 e. The summed E-state index contributed by atoms with van der Waals surface area (Å²) in [6, 6.07) is 0. The van der Waals surface area contributed by atoms with Crippen molar-refractivity contribution in [3.05, 3.63) is 96.3 Å². The van der Waals surface area contributed by atoms with Gasteiger partial charge < -0.3 is 5.32 Å². The Balaban J connectivity index is 2.08. The molecule has 1 amide bonds. The number of hydrogen-bond acceptors (Lipinski definition) is 1. The largest absolute Gasteiger partial charge is 0.322 e. The van der Waals surface area contributed by atoms with Crippen LogP contribution in [0.1, 0.15) is 0 Å². The molecule has 2 nitrogen and oxygen atoms in total. The van der Waals surface area contributed by atoms with Gasteiger partial charge in [0, 0.05) is 11.3 Å². The van der Waals surface area contributed by atoms with Crippen LogP contribution in [0.4, 0.5) is 0 Å². The van der Waals surface area contributed by atoms with Crippen LogP contribution in [0.25, 0.3) is 0 Å². The number of allylic oxidation sites excluding steroid dienone is 13. The van der Waals surface area contributed by atoms with Crippen LogP contribution in [0.15, 0.2) is 96.3 Å². The number of hydrogen-bond donors (Lipinski definition) is 1. The summed E-state index contributed by atoms with van der Waals surface area (Å²) >= 11 is 0. The molecule has 0 heterocycles. The molecular weight excluding hydrogens is 234 g/mol. The third-order valence-electron chi connectivity index (χ3n) is 2.51. The zero-order chi connectivity index (χ0) is 13.3. The Morgan fingerprint density at radius 2 is 1.26 bits per heavy atom. The molecule has 0 aromatic heterocycles. The first kappa shape index (κ1) is 12.8. The zero-order valence-electron chi connectivity index (χ0n) is 10.5. The minimum atomic E-state index is -0.120. The van der Waals surface area contributed by atoms with Gasteiger partial charge >= 0.3 is 0 Å². The zero-order valence-corrected chi connectivity index (χ0v) is 10.5. The van der Waals surface area contributed by atoms with E-state index in [9.17, 15) is 4.79 Å². The first-order chi connectivity index (χ1) is 9.36. The van der Waals surface area contributed by atoms with Gasteiger partial charge in [0.2, 0.25) is 0 Å². The lowest BCUT2D eigenvalue weighted by Crippen LogP contribution is -2.23. The van der Waals surface area contributed by atoms with Crippen molar-refractivity contribution < 1.29 is 4.79 Å². The van der Waals surface area contributed by atoms with Crippen molar-refractivity contribution >= 4 is 5.91 Å². The van der Waals surface area contributed by atoms with E-state index in [-0.39, 0.29) is 5.91 Å². The van der Waals surface area contributed by atoms with Crippen LogP contribution in [-0.2, 0) is 4.79 Å². The van der Waals surface area contributed by atoms with Crippen molar-refractivity contribution in [1.82, 2.24) is 5.32 Å². The van der Waals surface area contributed by atoms with Gasteiger partial charge in [0.1, 0.15) is 0 Å². The molecule has 0 atom stereocenters. The average Bonchev–Trinajstić information content (AvgIpc) is 2.31. The highest BCUT2D eigenvalue weighted by Crippen LogP contribution is 2.05. The lowest BCUT2D eigenvalue weighted by atomic mass is 10.1. The van der Waals surface area contributed by atoms with Gasteiger partial charge in [0.05, 0.1) is 0 Å². The van der Waals surface area contributed by atoms with Gasteiger partial charge in [0.25, 0.3) is 5.91 Å². The van der Waals surface area contributed by atoms with Crippen LogP contribution in [0.2, 0.25) is 0 Å². The smallest absolute Gasteiger partial charge is 0.255 e. The first-order valence-electron chi connectivity index (χ1n) is 6.11. The number of carbonyl (C=O) groups excluding carboxylic acids is 1. The van der Waals surface area contributed by atoms with Gasteiger partial charge in [0.15, 0.2) is 0 Å². The number of rotatable bonds is 2. The summed E-state index contributed by atoms with van der Waals surface area (Å²) in [6.45, 7) is 0. The van der Waals surface area contributed by atoms with E-state index >= 15 is 0 Å². The molecule has 1 N–H and O–H groups in total. The van der Waals surface area contributed by atoms with Crippen molar-refractivity contribution in [2.24, 2.45) is 0 Å². The molecule has 2 aliphatic rings. The molecule has 0 spiro atoms. The monoisotopic (exact) mass is 249 g/mol. The van der Waals surface area contributed by atoms with E-state index in [0.29, 0.717) is 5.57 Å². The van der Waals surface area contributed by atoms with Crippen LogP contribution < -0.4 is 5.32 Å². The highest BCUT2D eigenvalue weighted by Gasteiger charge is 2.06. The molecular formula is C17H15NO. The molecule has 2 aliphatic carbocycles. The third kappa shape index (κ3) is 4.28. The topological polar surface area (TPSA) is 29.1 Å². The van der Waals surface area contributed by atoms with E-state index in [4.69, 9.17) is 0 Å². The highest BCUT2D eigenvalue weighted by molar-refractivity contribution is 5.97. The molecule has 2 rings (SSSR count). The van der Waals surface area contributed by atoms with E-state index in [2.05, 4.69) is 5.32 Å². The summed E-state index contributed by atoms with van der Waals surface area (Å²) in [5, 5.41) is 2.88. The second kappa shape index (κ2) is 6.97. The second-order valence-electron chi connectivity index (χ2n) is 3.96. The third-order valence-corrected chi connectivity index (χ3v) is 2.51. The number of nitrogens with one attached hydrogen (secondary N) is 1. The van der Waals surface area contributed by atoms with Crippen molar-refractivity contribution in [3.8, 4) is 0 Å². The van der Waals surface area contributed by atoms with Crippen LogP contribution in [-0.4, -0.2) is 5.91 Å². The Hall–Kier alpha value is -2.61. The summed E-state index contributed by atoms with van der Waals surface area (Å²) < 4.78 is 0. The molecule has 0 saturated carbocycles. The van der Waals surface area contributed by atoms with Crippen LogP contribution in [0.3, 0.4) is 0 Å². The molecule has 94 valence electrons. The fraction of sp³-hybridized carbons (Fsp3) is 0. The lowest BCUT2D eigenvalue weighted by molar-refractivity contribution is -0.116. The molecule has 0 aromatic carbocycles. The minimum Gasteiger partial charge on any atom is -0.322 e. The molecule has 0 aromatic rings. The Bertz CT molecular complexity index is 578. The van der Waals surface area contributed by atoms with E-state index in [0.717, 1.165) is 5.70 Å². The van der Waals surface area contributed by atoms with Crippen LogP contribution in [0, 0.1) is 0 Å². The first-order valence-corrected chi connectivity index (χ1v) is 6.11. The predicted molar refractivity (Wildman–Crippen MR) is 79.1 cm³/mol. The second-order valence-corrected chi connectivity index (χ2v) is 3.96. The highest BCUT2D eigenvalue weighted by atomic mass is 16.1. The Kier molecular flexibility index (Phi) is 4.71. The van der Waals surface area contributed by atoms with E-state index in [1.54, 1.807) is 12.2 Å². The normalized spacial score (nSPS) is 23.8. The maximum atomic E-state index is 12.1. The van der Waals surface area contributed by atoms with Crippen molar-refractivity contribution in [1.29, 1.82) is 0 Å². The van der Waals surface area contributed by atoms with Crippen LogP contribution in [0.5, 0.6) is 0 Å². The van der Waals surface area contributed by atoms with E-state index < -0.39 is 0 Å². The molecule has 0 bridgehead atoms. The quantitative estimate of drug-likeness (QED) is 0.799. The summed E-state index contributed by atoms with van der Waals surface area (Å²) in [7, 11) is 0. The van der Waals surface area contributed by atoms with Gasteiger partial charge in [-0.2, -0.15) is 0 Å². The summed E-state index contributed by atoms with van der Waals surface area (Å²) in [5.41, 5.74) is 1.39. The van der Waals surface area contributed by atoms with E-state index in [1.165, 1.54) is 0 Å². The molecule has 0 aliphatic heterocycles. The van der Waals surface area contributed by atoms with Gasteiger partial charge in [-0.1, -0.05) is 60.8 Å². The van der Waals surface area contributed by atoms with Gasteiger partial charge in [-0.15, -0.1) is 0 Å². The molecule has 0 fully saturated rings. The Morgan fingerprint density at radius 3 is 2.05 bits per heavy atom. The van der Waals surface area contributed by atoms with Crippen molar-refractivity contribution in [2.45, 2.75) is 0 Å². The molecule has 0 radical (unpaired) electrons. The Morgan fingerprint density at radius 1 is 0.684 bits per heavy atom. The fourth-order valence-corrected chi connectivity index (χ4v) is 1.57. The molecule has 0 unspecified atom stereocenters. The number of amides is 1. The van der Waals surface area contributed by atoms with Crippen molar-refractivity contribution in [3.63, 3.8) is 0 Å². The van der Waals surface area contributed by atoms with E-state index in [1.807, 2.05) is 72.9 Å². The van der Waals surface area contributed by atoms with Gasteiger partial charge in [-0.05, 0) is 24.3 Å². The van der Waals surface area contributed by atoms with Crippen LogP contribution >= 0.6 is 0 Å². The fourth-order valence-electron chi connectivity index (χ4n) is 1.57. The maximum absolute atomic E-state index is 12.1. The van der Waals surface area contributed by atoms with Gasteiger partial charge in [-0.25, -0.2) is 0 Å². The predicted octanol–water partition coefficient (Wildman–Crippen LogP) is 3.28. The summed E-state index contributed by atoms with van der Waals surface area (Å²) in [5.74, 6) is -0.120. The van der Waals surface area contributed by atoms with Crippen molar-refractivity contribution in [2.75, 3.05) is 0 Å².